The van der Waals surface area contributed by atoms with Crippen LogP contribution in [0, 0.1) is 6.92 Å². The Morgan fingerprint density at radius 1 is 1.57 bits per heavy atom. The summed E-state index contributed by atoms with van der Waals surface area (Å²) in [4.78, 5) is 0. The molecule has 4 heteroatoms. The second-order valence-corrected chi connectivity index (χ2v) is 3.99. The second kappa shape index (κ2) is 3.71. The van der Waals surface area contributed by atoms with Gasteiger partial charge in [0.15, 0.2) is 0 Å². The maximum Gasteiger partial charge on any atom is 0.0886 e. The molecule has 14 heavy (non-hydrogen) atoms. The summed E-state index contributed by atoms with van der Waals surface area (Å²) in [5, 5.41) is 14.5. The highest BCUT2D eigenvalue weighted by molar-refractivity contribution is 4.96. The summed E-state index contributed by atoms with van der Waals surface area (Å²) < 4.78 is 7.02. The van der Waals surface area contributed by atoms with Crippen molar-refractivity contribution in [3.05, 3.63) is 18.0 Å². The standard InChI is InChI=1S/C10H16N2O2/c1-9-2-5-12(11-9)8-10(13)3-6-14-7-4-10/h2,5,13H,3-4,6-8H2,1H3. The van der Waals surface area contributed by atoms with Crippen LogP contribution in [0.4, 0.5) is 0 Å². The molecule has 0 bridgehead atoms. The van der Waals surface area contributed by atoms with E-state index in [1.807, 2.05) is 19.2 Å². The van der Waals surface area contributed by atoms with Crippen molar-refractivity contribution < 1.29 is 9.84 Å². The molecule has 0 aliphatic carbocycles. The predicted molar refractivity (Wildman–Crippen MR) is 52.0 cm³/mol. The van der Waals surface area contributed by atoms with Crippen LogP contribution in [0.1, 0.15) is 18.5 Å². The van der Waals surface area contributed by atoms with Crippen LogP contribution in [-0.4, -0.2) is 33.7 Å². The van der Waals surface area contributed by atoms with Crippen LogP contribution in [0.5, 0.6) is 0 Å². The number of hydrogen-bond donors (Lipinski definition) is 1. The van der Waals surface area contributed by atoms with Crippen molar-refractivity contribution in [3.63, 3.8) is 0 Å². The Labute approximate surface area is 83.5 Å². The Morgan fingerprint density at radius 2 is 2.29 bits per heavy atom. The maximum atomic E-state index is 10.2. The molecule has 0 aromatic carbocycles. The van der Waals surface area contributed by atoms with Gasteiger partial charge in [-0.3, -0.25) is 4.68 Å². The zero-order valence-electron chi connectivity index (χ0n) is 8.44. The summed E-state index contributed by atoms with van der Waals surface area (Å²) in [7, 11) is 0. The summed E-state index contributed by atoms with van der Waals surface area (Å²) >= 11 is 0. The molecule has 1 aromatic heterocycles. The van der Waals surface area contributed by atoms with Crippen LogP contribution in [0.15, 0.2) is 12.3 Å². The monoisotopic (exact) mass is 196 g/mol. The van der Waals surface area contributed by atoms with Crippen LogP contribution in [0.25, 0.3) is 0 Å². The van der Waals surface area contributed by atoms with Crippen molar-refractivity contribution >= 4 is 0 Å². The van der Waals surface area contributed by atoms with E-state index in [1.54, 1.807) is 4.68 Å². The van der Waals surface area contributed by atoms with Gasteiger partial charge in [-0.1, -0.05) is 0 Å². The third-order valence-corrected chi connectivity index (χ3v) is 2.65. The van der Waals surface area contributed by atoms with Gasteiger partial charge in [-0.25, -0.2) is 0 Å². The van der Waals surface area contributed by atoms with Crippen LogP contribution in [0.2, 0.25) is 0 Å². The molecular formula is C10H16N2O2. The summed E-state index contributed by atoms with van der Waals surface area (Å²) in [6, 6.07) is 1.95. The van der Waals surface area contributed by atoms with Gasteiger partial charge in [-0.05, 0) is 13.0 Å². The highest BCUT2D eigenvalue weighted by Crippen LogP contribution is 2.22. The summed E-state index contributed by atoms with van der Waals surface area (Å²) in [5.41, 5.74) is 0.358. The number of nitrogens with zero attached hydrogens (tertiary/aromatic N) is 2. The van der Waals surface area contributed by atoms with Crippen LogP contribution in [0.3, 0.4) is 0 Å². The first-order valence-corrected chi connectivity index (χ1v) is 4.98. The fourth-order valence-electron chi connectivity index (χ4n) is 1.76. The van der Waals surface area contributed by atoms with Gasteiger partial charge >= 0.3 is 0 Å². The Kier molecular flexibility index (Phi) is 2.56. The van der Waals surface area contributed by atoms with E-state index in [4.69, 9.17) is 4.74 Å². The lowest BCUT2D eigenvalue weighted by Crippen LogP contribution is -2.40. The van der Waals surface area contributed by atoms with E-state index in [2.05, 4.69) is 5.10 Å². The molecule has 1 fully saturated rings. The topological polar surface area (TPSA) is 47.3 Å². The molecule has 1 aliphatic rings. The van der Waals surface area contributed by atoms with Crippen molar-refractivity contribution in [2.75, 3.05) is 13.2 Å². The number of aryl methyl sites for hydroxylation is 1. The van der Waals surface area contributed by atoms with Gasteiger partial charge in [-0.15, -0.1) is 0 Å². The van der Waals surface area contributed by atoms with Crippen LogP contribution < -0.4 is 0 Å². The fourth-order valence-corrected chi connectivity index (χ4v) is 1.76. The minimum absolute atomic E-state index is 0.574. The highest BCUT2D eigenvalue weighted by atomic mass is 16.5. The maximum absolute atomic E-state index is 10.2. The molecule has 2 rings (SSSR count). The zero-order valence-corrected chi connectivity index (χ0v) is 8.44. The Balaban J connectivity index is 2.01. The Morgan fingerprint density at radius 3 is 2.86 bits per heavy atom. The number of ether oxygens (including phenoxy) is 1. The molecule has 1 saturated heterocycles. The van der Waals surface area contributed by atoms with Gasteiger partial charge in [0.25, 0.3) is 0 Å². The first-order valence-electron chi connectivity index (χ1n) is 4.98. The van der Waals surface area contributed by atoms with Gasteiger partial charge in [0, 0.05) is 32.3 Å². The van der Waals surface area contributed by atoms with Gasteiger partial charge in [0.2, 0.25) is 0 Å². The van der Waals surface area contributed by atoms with Crippen molar-refractivity contribution in [2.24, 2.45) is 0 Å². The normalized spacial score (nSPS) is 21.0. The lowest BCUT2D eigenvalue weighted by atomic mass is 9.95. The van der Waals surface area contributed by atoms with E-state index < -0.39 is 5.60 Å². The van der Waals surface area contributed by atoms with E-state index in [0.717, 1.165) is 5.69 Å². The molecule has 0 radical (unpaired) electrons. The summed E-state index contributed by atoms with van der Waals surface area (Å²) in [6.45, 7) is 3.82. The lowest BCUT2D eigenvalue weighted by Gasteiger charge is -2.31. The largest absolute Gasteiger partial charge is 0.388 e. The first-order chi connectivity index (χ1) is 6.68. The predicted octanol–water partition coefficient (Wildman–Crippen LogP) is 0.733. The van der Waals surface area contributed by atoms with E-state index in [-0.39, 0.29) is 0 Å². The quantitative estimate of drug-likeness (QED) is 0.758. The average Bonchev–Trinajstić information content (AvgIpc) is 2.51. The minimum atomic E-state index is -0.628. The molecule has 0 atom stereocenters. The SMILES string of the molecule is Cc1ccn(CC2(O)CCOCC2)n1. The van der Waals surface area contributed by atoms with Gasteiger partial charge in [0.1, 0.15) is 0 Å². The Bertz CT molecular complexity index is 303. The van der Waals surface area contributed by atoms with E-state index in [1.165, 1.54) is 0 Å². The molecule has 78 valence electrons. The van der Waals surface area contributed by atoms with Crippen LogP contribution in [-0.2, 0) is 11.3 Å². The molecule has 1 aliphatic heterocycles. The van der Waals surface area contributed by atoms with Crippen molar-refractivity contribution in [2.45, 2.75) is 31.9 Å². The first kappa shape index (κ1) is 9.68. The van der Waals surface area contributed by atoms with Crippen molar-refractivity contribution in [1.82, 2.24) is 9.78 Å². The third kappa shape index (κ3) is 2.13. The molecule has 1 aromatic rings. The van der Waals surface area contributed by atoms with Gasteiger partial charge < -0.3 is 9.84 Å². The third-order valence-electron chi connectivity index (χ3n) is 2.65. The molecule has 0 amide bonds. The fraction of sp³-hybridized carbons (Fsp3) is 0.700. The lowest BCUT2D eigenvalue weighted by molar-refractivity contribution is -0.0745. The molecule has 0 spiro atoms. The Hall–Kier alpha value is -0.870. The van der Waals surface area contributed by atoms with Gasteiger partial charge in [-0.2, -0.15) is 5.10 Å². The molecular weight excluding hydrogens is 180 g/mol. The molecule has 2 heterocycles. The van der Waals surface area contributed by atoms with Crippen molar-refractivity contribution in [1.29, 1.82) is 0 Å². The van der Waals surface area contributed by atoms with Gasteiger partial charge in [0.05, 0.1) is 17.8 Å². The smallest absolute Gasteiger partial charge is 0.0886 e. The number of aromatic nitrogens is 2. The average molecular weight is 196 g/mol. The number of aliphatic hydroxyl groups is 1. The highest BCUT2D eigenvalue weighted by Gasteiger charge is 2.30. The van der Waals surface area contributed by atoms with Crippen LogP contribution >= 0.6 is 0 Å². The number of hydrogen-bond acceptors (Lipinski definition) is 3. The molecule has 0 saturated carbocycles. The van der Waals surface area contributed by atoms with Crippen molar-refractivity contribution in [3.8, 4) is 0 Å². The zero-order chi connectivity index (χ0) is 10.0. The summed E-state index contributed by atoms with van der Waals surface area (Å²) in [6.07, 6.45) is 3.31. The second-order valence-electron chi connectivity index (χ2n) is 3.99. The van der Waals surface area contributed by atoms with E-state index in [0.29, 0.717) is 32.6 Å². The molecule has 4 nitrogen and oxygen atoms in total. The molecule has 1 N–H and O–H groups in total. The number of rotatable bonds is 2. The minimum Gasteiger partial charge on any atom is -0.388 e. The molecule has 0 unspecified atom stereocenters. The summed E-state index contributed by atoms with van der Waals surface area (Å²) in [5.74, 6) is 0. The van der Waals surface area contributed by atoms with E-state index in [9.17, 15) is 5.11 Å². The van der Waals surface area contributed by atoms with E-state index >= 15 is 0 Å².